The van der Waals surface area contributed by atoms with Crippen LogP contribution in [0.15, 0.2) is 36.5 Å². The van der Waals surface area contributed by atoms with E-state index in [4.69, 9.17) is 4.74 Å². The molecule has 1 aromatic carbocycles. The number of nitrogens with zero attached hydrogens (tertiary/aromatic N) is 1. The van der Waals surface area contributed by atoms with Crippen LogP contribution < -0.4 is 5.32 Å². The molecular formula is C18H22N2O3. The largest absolute Gasteiger partial charge is 0.486 e. The minimum Gasteiger partial charge on any atom is -0.486 e. The Morgan fingerprint density at radius 2 is 1.91 bits per heavy atom. The predicted molar refractivity (Wildman–Crippen MR) is 87.0 cm³/mol. The fourth-order valence-corrected chi connectivity index (χ4v) is 3.14. The Hall–Kier alpha value is -2.30. The lowest BCUT2D eigenvalue weighted by molar-refractivity contribution is -0.151. The van der Waals surface area contributed by atoms with Crippen LogP contribution in [-0.2, 0) is 14.3 Å². The number of hydrogen-bond donors (Lipinski definition) is 1. The van der Waals surface area contributed by atoms with E-state index in [9.17, 15) is 9.59 Å². The van der Waals surface area contributed by atoms with E-state index in [0.29, 0.717) is 18.1 Å². The van der Waals surface area contributed by atoms with Crippen LogP contribution in [-0.4, -0.2) is 34.9 Å². The summed E-state index contributed by atoms with van der Waals surface area (Å²) in [5, 5.41) is 2.84. The standard InChI is InChI=1S/C18H22N2O3/c1-11(2)9-14-18(22)20-10-15(13-7-5-4-6-8-13)23-12(3)16(20)17(21)19-14/h4-8,10-12,14,16H,9H2,1-3H3,(H,19,21)/t12-,14+,16?/m1/s1. The zero-order valence-electron chi connectivity index (χ0n) is 13.7. The summed E-state index contributed by atoms with van der Waals surface area (Å²) in [4.78, 5) is 26.7. The minimum absolute atomic E-state index is 0.0631. The Bertz CT molecular complexity index is 639. The maximum atomic E-state index is 12.8. The number of carbonyl (C=O) groups excluding carboxylic acids is 2. The number of hydrogen-bond acceptors (Lipinski definition) is 3. The number of benzene rings is 1. The van der Waals surface area contributed by atoms with Crippen LogP contribution in [0.1, 0.15) is 32.8 Å². The van der Waals surface area contributed by atoms with E-state index < -0.39 is 12.1 Å². The van der Waals surface area contributed by atoms with E-state index in [0.717, 1.165) is 5.56 Å². The highest BCUT2D eigenvalue weighted by Crippen LogP contribution is 2.30. The average Bonchev–Trinajstić information content (AvgIpc) is 2.52. The molecule has 0 aromatic heterocycles. The monoisotopic (exact) mass is 314 g/mol. The third-order valence-corrected chi connectivity index (χ3v) is 4.22. The number of amides is 2. The van der Waals surface area contributed by atoms with Crippen molar-refractivity contribution in [3.63, 3.8) is 0 Å². The molecule has 2 heterocycles. The van der Waals surface area contributed by atoms with Gasteiger partial charge in [0.15, 0.2) is 6.04 Å². The molecule has 23 heavy (non-hydrogen) atoms. The van der Waals surface area contributed by atoms with Gasteiger partial charge < -0.3 is 10.1 Å². The van der Waals surface area contributed by atoms with Crippen LogP contribution in [0.25, 0.3) is 5.76 Å². The molecule has 0 spiro atoms. The maximum Gasteiger partial charge on any atom is 0.250 e. The highest BCUT2D eigenvalue weighted by atomic mass is 16.5. The first-order chi connectivity index (χ1) is 11.0. The van der Waals surface area contributed by atoms with Crippen molar-refractivity contribution < 1.29 is 14.3 Å². The van der Waals surface area contributed by atoms with Crippen molar-refractivity contribution in [3.8, 4) is 0 Å². The number of carbonyl (C=O) groups is 2. The third-order valence-electron chi connectivity index (χ3n) is 4.22. The van der Waals surface area contributed by atoms with Crippen molar-refractivity contribution in [2.75, 3.05) is 0 Å². The van der Waals surface area contributed by atoms with Crippen LogP contribution >= 0.6 is 0 Å². The molecule has 2 aliphatic rings. The first-order valence-corrected chi connectivity index (χ1v) is 8.04. The van der Waals surface area contributed by atoms with Gasteiger partial charge in [0.1, 0.15) is 17.9 Å². The zero-order chi connectivity index (χ0) is 16.6. The molecule has 0 saturated carbocycles. The maximum absolute atomic E-state index is 12.8. The van der Waals surface area contributed by atoms with E-state index in [2.05, 4.69) is 5.32 Å². The van der Waals surface area contributed by atoms with Crippen molar-refractivity contribution in [2.45, 2.75) is 45.4 Å². The second kappa shape index (κ2) is 6.07. The lowest BCUT2D eigenvalue weighted by Gasteiger charge is -2.43. The quantitative estimate of drug-likeness (QED) is 0.930. The highest BCUT2D eigenvalue weighted by molar-refractivity contribution is 5.98. The highest BCUT2D eigenvalue weighted by Gasteiger charge is 2.45. The number of nitrogens with one attached hydrogen (secondary N) is 1. The first kappa shape index (κ1) is 15.6. The van der Waals surface area contributed by atoms with Gasteiger partial charge in [0, 0.05) is 5.56 Å². The van der Waals surface area contributed by atoms with E-state index >= 15 is 0 Å². The Morgan fingerprint density at radius 3 is 2.57 bits per heavy atom. The zero-order valence-corrected chi connectivity index (χ0v) is 13.7. The summed E-state index contributed by atoms with van der Waals surface area (Å²) >= 11 is 0. The van der Waals surface area contributed by atoms with Gasteiger partial charge in [-0.15, -0.1) is 0 Å². The smallest absolute Gasteiger partial charge is 0.250 e. The average molecular weight is 314 g/mol. The summed E-state index contributed by atoms with van der Waals surface area (Å²) < 4.78 is 5.88. The molecule has 1 aromatic rings. The normalized spacial score (nSPS) is 27.2. The third kappa shape index (κ3) is 2.96. The molecule has 2 aliphatic heterocycles. The lowest BCUT2D eigenvalue weighted by Crippen LogP contribution is -2.66. The summed E-state index contributed by atoms with van der Waals surface area (Å²) in [5.74, 6) is 0.746. The number of rotatable bonds is 3. The van der Waals surface area contributed by atoms with Gasteiger partial charge in [0.05, 0.1) is 6.20 Å². The Labute approximate surface area is 136 Å². The van der Waals surface area contributed by atoms with Gasteiger partial charge in [-0.25, -0.2) is 0 Å². The van der Waals surface area contributed by atoms with Crippen molar-refractivity contribution in [3.05, 3.63) is 42.1 Å². The van der Waals surface area contributed by atoms with E-state index in [-0.39, 0.29) is 17.9 Å². The van der Waals surface area contributed by atoms with Gasteiger partial charge >= 0.3 is 0 Å². The molecular weight excluding hydrogens is 292 g/mol. The molecule has 1 unspecified atom stereocenters. The van der Waals surface area contributed by atoms with Crippen molar-refractivity contribution >= 4 is 17.6 Å². The van der Waals surface area contributed by atoms with Crippen LogP contribution in [0.2, 0.25) is 0 Å². The lowest BCUT2D eigenvalue weighted by atomic mass is 9.96. The van der Waals surface area contributed by atoms with Crippen molar-refractivity contribution in [1.29, 1.82) is 0 Å². The Morgan fingerprint density at radius 1 is 1.22 bits per heavy atom. The summed E-state index contributed by atoms with van der Waals surface area (Å²) in [5.41, 5.74) is 0.900. The van der Waals surface area contributed by atoms with Crippen LogP contribution in [0.4, 0.5) is 0 Å². The Balaban J connectivity index is 1.94. The number of piperazine rings is 1. The molecule has 5 heteroatoms. The second-order valence-electron chi connectivity index (χ2n) is 6.56. The fourth-order valence-electron chi connectivity index (χ4n) is 3.14. The molecule has 1 saturated heterocycles. The Kier molecular flexibility index (Phi) is 4.11. The molecule has 122 valence electrons. The van der Waals surface area contributed by atoms with Crippen molar-refractivity contribution in [2.24, 2.45) is 5.92 Å². The number of ether oxygens (including phenoxy) is 1. The van der Waals surface area contributed by atoms with E-state index in [1.165, 1.54) is 0 Å². The SMILES string of the molecule is CC(C)C[C@@H]1NC(=O)C2[C@@H](C)OC(c3ccccc3)=CN2C1=O. The molecule has 0 radical (unpaired) electrons. The second-order valence-corrected chi connectivity index (χ2v) is 6.56. The van der Waals surface area contributed by atoms with E-state index in [1.807, 2.05) is 51.1 Å². The van der Waals surface area contributed by atoms with Crippen LogP contribution in [0, 0.1) is 5.92 Å². The first-order valence-electron chi connectivity index (χ1n) is 8.04. The van der Waals surface area contributed by atoms with Gasteiger partial charge in [-0.3, -0.25) is 14.5 Å². The molecule has 0 aliphatic carbocycles. The topological polar surface area (TPSA) is 58.6 Å². The van der Waals surface area contributed by atoms with Gasteiger partial charge in [-0.1, -0.05) is 44.2 Å². The summed E-state index contributed by atoms with van der Waals surface area (Å²) in [7, 11) is 0. The van der Waals surface area contributed by atoms with Gasteiger partial charge in [-0.2, -0.15) is 0 Å². The molecule has 3 atom stereocenters. The summed E-state index contributed by atoms with van der Waals surface area (Å²) in [6.45, 7) is 5.90. The fraction of sp³-hybridized carbons (Fsp3) is 0.444. The van der Waals surface area contributed by atoms with Crippen molar-refractivity contribution in [1.82, 2.24) is 10.2 Å². The molecule has 1 fully saturated rings. The minimum atomic E-state index is -0.599. The molecule has 1 N–H and O–H groups in total. The summed E-state index contributed by atoms with van der Waals surface area (Å²) in [6, 6.07) is 8.57. The van der Waals surface area contributed by atoms with Gasteiger partial charge in [0.2, 0.25) is 11.8 Å². The summed E-state index contributed by atoms with van der Waals surface area (Å²) in [6.07, 6.45) is 1.92. The molecule has 0 bridgehead atoms. The van der Waals surface area contributed by atoms with E-state index in [1.54, 1.807) is 11.1 Å². The van der Waals surface area contributed by atoms with Gasteiger partial charge in [-0.05, 0) is 19.3 Å². The predicted octanol–water partition coefficient (Wildman–Crippen LogP) is 2.15. The number of fused-ring (bicyclic) bond motifs is 1. The van der Waals surface area contributed by atoms with Gasteiger partial charge in [0.25, 0.3) is 0 Å². The molecule has 5 nitrogen and oxygen atoms in total. The molecule has 2 amide bonds. The van der Waals surface area contributed by atoms with Crippen LogP contribution in [0.5, 0.6) is 0 Å². The molecule has 3 rings (SSSR count). The van der Waals surface area contributed by atoms with Crippen LogP contribution in [0.3, 0.4) is 0 Å².